The van der Waals surface area contributed by atoms with E-state index in [2.05, 4.69) is 10.1 Å². The molecule has 1 saturated carbocycles. The maximum Gasteiger partial charge on any atom is 0.153 e. The molecule has 0 aliphatic heterocycles. The Hall–Kier alpha value is -0.900. The summed E-state index contributed by atoms with van der Waals surface area (Å²) in [6, 6.07) is 0. The number of nitrogens with zero attached hydrogens (tertiary/aromatic N) is 3. The van der Waals surface area contributed by atoms with Gasteiger partial charge < -0.3 is 5.11 Å². The van der Waals surface area contributed by atoms with Gasteiger partial charge in [0.05, 0.1) is 6.10 Å². The number of aliphatic hydroxyl groups is 1. The maximum absolute atomic E-state index is 9.33. The zero-order chi connectivity index (χ0) is 9.26. The van der Waals surface area contributed by atoms with Crippen LogP contribution in [0, 0.1) is 0 Å². The SMILES string of the molecule is Cn1cnc([C@H]2CC[C@@H](O)CC2)n1. The first-order valence-electron chi connectivity index (χ1n) is 4.79. The van der Waals surface area contributed by atoms with Gasteiger partial charge in [0.15, 0.2) is 5.82 Å². The number of aliphatic hydroxyl groups excluding tert-OH is 1. The van der Waals surface area contributed by atoms with Gasteiger partial charge in [0.1, 0.15) is 6.33 Å². The monoisotopic (exact) mass is 181 g/mol. The molecule has 13 heavy (non-hydrogen) atoms. The number of hydrogen-bond acceptors (Lipinski definition) is 3. The van der Waals surface area contributed by atoms with Gasteiger partial charge in [-0.05, 0) is 25.7 Å². The Balaban J connectivity index is 2.02. The van der Waals surface area contributed by atoms with E-state index in [1.165, 1.54) is 0 Å². The van der Waals surface area contributed by atoms with Gasteiger partial charge in [0.25, 0.3) is 0 Å². The van der Waals surface area contributed by atoms with E-state index in [1.54, 1.807) is 11.0 Å². The van der Waals surface area contributed by atoms with E-state index >= 15 is 0 Å². The molecule has 0 saturated heterocycles. The fourth-order valence-electron chi connectivity index (χ4n) is 1.88. The molecular weight excluding hydrogens is 166 g/mol. The minimum Gasteiger partial charge on any atom is -0.393 e. The fourth-order valence-corrected chi connectivity index (χ4v) is 1.88. The smallest absolute Gasteiger partial charge is 0.153 e. The molecule has 2 rings (SSSR count). The predicted molar refractivity (Wildman–Crippen MR) is 48.2 cm³/mol. The lowest BCUT2D eigenvalue weighted by atomic mass is 9.87. The van der Waals surface area contributed by atoms with Crippen LogP contribution in [0.5, 0.6) is 0 Å². The summed E-state index contributed by atoms with van der Waals surface area (Å²) in [4.78, 5) is 4.23. The highest BCUT2D eigenvalue weighted by Gasteiger charge is 2.23. The second-order valence-corrected chi connectivity index (χ2v) is 3.78. The lowest BCUT2D eigenvalue weighted by molar-refractivity contribution is 0.121. The molecule has 1 aromatic rings. The number of aryl methyl sites for hydroxylation is 1. The lowest BCUT2D eigenvalue weighted by Gasteiger charge is -2.22. The van der Waals surface area contributed by atoms with Gasteiger partial charge in [0.2, 0.25) is 0 Å². The van der Waals surface area contributed by atoms with E-state index in [-0.39, 0.29) is 6.10 Å². The van der Waals surface area contributed by atoms with Crippen molar-refractivity contribution in [3.8, 4) is 0 Å². The Morgan fingerprint density at radius 3 is 2.62 bits per heavy atom. The van der Waals surface area contributed by atoms with E-state index in [9.17, 15) is 5.11 Å². The largest absolute Gasteiger partial charge is 0.393 e. The highest BCUT2D eigenvalue weighted by atomic mass is 16.3. The maximum atomic E-state index is 9.33. The van der Waals surface area contributed by atoms with Gasteiger partial charge in [-0.15, -0.1) is 0 Å². The van der Waals surface area contributed by atoms with Crippen molar-refractivity contribution >= 4 is 0 Å². The Labute approximate surface area is 77.6 Å². The van der Waals surface area contributed by atoms with E-state index in [0.717, 1.165) is 31.5 Å². The molecule has 0 aromatic carbocycles. The minimum atomic E-state index is -0.0973. The molecule has 1 aliphatic rings. The van der Waals surface area contributed by atoms with Gasteiger partial charge in [-0.2, -0.15) is 5.10 Å². The molecule has 4 nitrogen and oxygen atoms in total. The average molecular weight is 181 g/mol. The number of hydrogen-bond donors (Lipinski definition) is 1. The van der Waals surface area contributed by atoms with Crippen LogP contribution in [0.3, 0.4) is 0 Å². The van der Waals surface area contributed by atoms with Crippen LogP contribution in [-0.2, 0) is 7.05 Å². The zero-order valence-electron chi connectivity index (χ0n) is 7.85. The minimum absolute atomic E-state index is 0.0973. The van der Waals surface area contributed by atoms with Gasteiger partial charge in [-0.1, -0.05) is 0 Å². The quantitative estimate of drug-likeness (QED) is 0.698. The van der Waals surface area contributed by atoms with Crippen molar-refractivity contribution in [1.29, 1.82) is 0 Å². The topological polar surface area (TPSA) is 50.9 Å². The molecule has 0 atom stereocenters. The molecule has 0 radical (unpaired) electrons. The second-order valence-electron chi connectivity index (χ2n) is 3.78. The van der Waals surface area contributed by atoms with Crippen molar-refractivity contribution < 1.29 is 5.11 Å². The van der Waals surface area contributed by atoms with Gasteiger partial charge in [-0.25, -0.2) is 4.98 Å². The molecule has 1 heterocycles. The molecule has 0 spiro atoms. The Morgan fingerprint density at radius 1 is 1.38 bits per heavy atom. The second kappa shape index (κ2) is 3.46. The van der Waals surface area contributed by atoms with Crippen LogP contribution >= 0.6 is 0 Å². The summed E-state index contributed by atoms with van der Waals surface area (Å²) in [5.74, 6) is 1.40. The van der Waals surface area contributed by atoms with Crippen LogP contribution < -0.4 is 0 Å². The molecule has 1 N–H and O–H groups in total. The van der Waals surface area contributed by atoms with Crippen LogP contribution in [0.25, 0.3) is 0 Å². The molecule has 1 aromatic heterocycles. The zero-order valence-corrected chi connectivity index (χ0v) is 7.85. The van der Waals surface area contributed by atoms with Crippen molar-refractivity contribution in [3.63, 3.8) is 0 Å². The third kappa shape index (κ3) is 1.88. The number of aromatic nitrogens is 3. The number of rotatable bonds is 1. The Bertz CT molecular complexity index is 276. The molecule has 1 aliphatic carbocycles. The first-order chi connectivity index (χ1) is 6.25. The van der Waals surface area contributed by atoms with E-state index in [4.69, 9.17) is 0 Å². The first-order valence-corrected chi connectivity index (χ1v) is 4.79. The summed E-state index contributed by atoms with van der Waals surface area (Å²) >= 11 is 0. The normalized spacial score (nSPS) is 29.1. The van der Waals surface area contributed by atoms with Gasteiger partial charge >= 0.3 is 0 Å². The van der Waals surface area contributed by atoms with Crippen molar-refractivity contribution in [3.05, 3.63) is 12.2 Å². The summed E-state index contributed by atoms with van der Waals surface area (Å²) in [5.41, 5.74) is 0. The highest BCUT2D eigenvalue weighted by Crippen LogP contribution is 2.30. The predicted octanol–water partition coefficient (Wildman–Crippen LogP) is 0.834. The van der Waals surface area contributed by atoms with E-state index in [0.29, 0.717) is 5.92 Å². The summed E-state index contributed by atoms with van der Waals surface area (Å²) < 4.78 is 1.74. The third-order valence-corrected chi connectivity index (χ3v) is 2.68. The van der Waals surface area contributed by atoms with Crippen LogP contribution in [0.15, 0.2) is 6.33 Å². The van der Waals surface area contributed by atoms with E-state index < -0.39 is 0 Å². The Morgan fingerprint density at radius 2 is 2.08 bits per heavy atom. The van der Waals surface area contributed by atoms with Gasteiger partial charge in [-0.3, -0.25) is 4.68 Å². The van der Waals surface area contributed by atoms with Crippen molar-refractivity contribution in [2.75, 3.05) is 0 Å². The van der Waals surface area contributed by atoms with Crippen LogP contribution in [-0.4, -0.2) is 26.0 Å². The summed E-state index contributed by atoms with van der Waals surface area (Å²) in [7, 11) is 1.88. The van der Waals surface area contributed by atoms with Crippen molar-refractivity contribution in [1.82, 2.24) is 14.8 Å². The van der Waals surface area contributed by atoms with Crippen LogP contribution in [0.1, 0.15) is 37.4 Å². The molecule has 0 bridgehead atoms. The van der Waals surface area contributed by atoms with Crippen LogP contribution in [0.2, 0.25) is 0 Å². The molecule has 1 fully saturated rings. The first kappa shape index (κ1) is 8.69. The highest BCUT2D eigenvalue weighted by molar-refractivity contribution is 4.96. The average Bonchev–Trinajstić information content (AvgIpc) is 2.53. The summed E-state index contributed by atoms with van der Waals surface area (Å²) in [6.07, 6.45) is 5.46. The van der Waals surface area contributed by atoms with Gasteiger partial charge in [0, 0.05) is 13.0 Å². The summed E-state index contributed by atoms with van der Waals surface area (Å²) in [6.45, 7) is 0. The molecular formula is C9H15N3O. The molecule has 72 valence electrons. The van der Waals surface area contributed by atoms with Crippen molar-refractivity contribution in [2.24, 2.45) is 7.05 Å². The fraction of sp³-hybridized carbons (Fsp3) is 0.778. The third-order valence-electron chi connectivity index (χ3n) is 2.68. The van der Waals surface area contributed by atoms with Crippen LogP contribution in [0.4, 0.5) is 0 Å². The van der Waals surface area contributed by atoms with E-state index in [1.807, 2.05) is 7.05 Å². The lowest BCUT2D eigenvalue weighted by Crippen LogP contribution is -2.17. The summed E-state index contributed by atoms with van der Waals surface area (Å²) in [5, 5.41) is 13.6. The molecule has 0 unspecified atom stereocenters. The molecule has 0 amide bonds. The molecule has 4 heteroatoms. The Kier molecular flexibility index (Phi) is 2.31. The standard InChI is InChI=1S/C9H15N3O/c1-12-6-10-9(11-12)7-2-4-8(13)5-3-7/h6-8,13H,2-5H2,1H3/t7-,8+. The van der Waals surface area contributed by atoms with Crippen molar-refractivity contribution in [2.45, 2.75) is 37.7 Å².